The van der Waals surface area contributed by atoms with Gasteiger partial charge >= 0.3 is 0 Å². The largest absolute Gasteiger partial charge is 0.309 e. The third kappa shape index (κ3) is 15.0. The van der Waals surface area contributed by atoms with E-state index in [0.717, 1.165) is 9.13 Å². The molecule has 0 radical (unpaired) electrons. The summed E-state index contributed by atoms with van der Waals surface area (Å²) in [7, 11) is -15.6. The van der Waals surface area contributed by atoms with Crippen LogP contribution in [-0.4, -0.2) is 33.4 Å². The first-order valence-corrected chi connectivity index (χ1v) is 40.8. The molecule has 2 aromatic heterocycles. The number of fused-ring (bicyclic) bond motifs is 6. The van der Waals surface area contributed by atoms with Crippen molar-refractivity contribution in [2.45, 2.75) is 55.0 Å². The minimum absolute atomic E-state index is 0.0159. The van der Waals surface area contributed by atoms with Crippen LogP contribution in [0.2, 0.25) is 6.55 Å². The maximum absolute atomic E-state index is 9.84. The predicted octanol–water partition coefficient (Wildman–Crippen LogP) is 20.6. The van der Waals surface area contributed by atoms with Gasteiger partial charge in [-0.3, -0.25) is 0 Å². The van der Waals surface area contributed by atoms with Crippen LogP contribution in [0, 0.1) is 48.5 Å². The second-order valence-electron chi connectivity index (χ2n) is 25.1. The van der Waals surface area contributed by atoms with Gasteiger partial charge in [-0.2, -0.15) is 0 Å². The van der Waals surface area contributed by atoms with Crippen molar-refractivity contribution in [3.8, 4) is 22.5 Å². The maximum Gasteiger partial charge on any atom is 0.179 e. The number of para-hydroxylation sites is 3. The average Bonchev–Trinajstić information content (AvgIpc) is 1.44. The van der Waals surface area contributed by atoms with E-state index in [4.69, 9.17) is 90.5 Å². The van der Waals surface area contributed by atoms with Gasteiger partial charge in [-0.05, 0) is 165 Å². The SMILES string of the molecule is [2H]c1c([2H])c([2H])c(-c2c([2H])c([2H])c(C)c([2H])c2-n2c3c([2H])c([2H])c([2H])c([2H])c3c3c([2H])c(-n4c5c([2H])c([2H])c([2H])c([2H])c5c5c([2H])c([2H])c([2H])c([2H])c54)c([2H])c([2H])c32)c(C)c1[2H].[2H]c1c([2H])c([2H])c([Si](C)(c2c([2H])c([2H])c([2H])c([2H])c2[2H])c2c([2H])c([2H])c(C)c([2H])c2[2H])c([2H])c1[2H].[2H]c1c([2H])c([2H])c([Si](c2c([2H])c([2H])c([2H])c([2H])c2[2H])(c2c([2H])c([2H])c(C)c([2H])c2[2H])c2c([2H])c([2H])c([2H])c(C)c2[2H])c([2H])c1[2H].[2H]c1c([2H])c([2H])c([Si](c2c([2H])c([2H])c([2H])c([2H])c2[2H])(c2c([2H])c([2H])c([2H])c(C)c2[2H])c2c([2H])c([2H])c([2H])c(C)c2[2H])c([2H])c1[2H]. The molecule has 0 atom stereocenters. The fourth-order valence-electron chi connectivity index (χ4n) is 12.6. The molecule has 558 valence electrons. The molecule has 0 amide bonds. The van der Waals surface area contributed by atoms with Gasteiger partial charge in [-0.15, -0.1) is 0 Å². The number of benzene rings is 17. The number of hydrogen-bond donors (Lipinski definition) is 0. The van der Waals surface area contributed by atoms with E-state index in [1.54, 1.807) is 0 Å². The Hall–Kier alpha value is -13.0. The van der Waals surface area contributed by atoms with E-state index in [0.29, 0.717) is 0 Å². The summed E-state index contributed by atoms with van der Waals surface area (Å²) in [6, 6.07) is -56.3. The summed E-state index contributed by atoms with van der Waals surface area (Å²) in [6.07, 6.45) is 0. The van der Waals surface area contributed by atoms with Gasteiger partial charge in [-0.25, -0.2) is 0 Å². The van der Waals surface area contributed by atoms with Crippen molar-refractivity contribution < 1.29 is 98.7 Å². The second kappa shape index (κ2) is 33.7. The summed E-state index contributed by atoms with van der Waals surface area (Å²) >= 11 is 0. The fourth-order valence-corrected chi connectivity index (χ4v) is 22.6. The van der Waals surface area contributed by atoms with E-state index in [1.165, 1.54) is 55.0 Å². The standard InChI is InChI=1S/C38H28N2.2C26H24Si.C20H20Si/c1-25-19-21-32(28-12-4-3-11-26(28)2)38(23-25)40-36-18-10-7-15-31(36)33-24-27(20-22-37(33)40)39-34-16-8-5-13-29(34)30-14-6-9-17-35(30)39;1-21-11-9-17-25(19-21)27(23-13-5-3-6-14-23,24-15-7-4-8-16-24)26-18-10-12-22(2)20-26;1-21-16-18-25(19-17-21)27(23-11-5-3-6-12-23,24-13-7-4-8-14-24)26-15-9-10-22(2)20-26;1-17-13-15-20(16-14-17)21(2,18-9-5-3-6-10-18)19-11-7-4-8-12-19/h3-24H,1-2H3;2*3-20H,1-2H3;3-16H,1-2H3/i3D,4D,5D,6D,7D,8D,9D,10D,11D,12D,13D,14D,15D,16D,17D,18D,19D,20D,21D,22D,23D,24D;2*3D,4D,5D,6D,7D,8D,9D,10D,11D,12D,13D,14D,15D,16D,17D,18D,19D,20D;3D,4D,5D,6D,7D,8D,9D,10D,11D,12D,13D,14D,15D,16D. The molecule has 0 unspecified atom stereocenters. The summed E-state index contributed by atoms with van der Waals surface area (Å²) in [6.45, 7) is 10.3. The van der Waals surface area contributed by atoms with Crippen LogP contribution in [0.5, 0.6) is 0 Å². The Morgan fingerprint density at radius 3 is 0.922 bits per heavy atom. The summed E-state index contributed by atoms with van der Waals surface area (Å²) in [5.41, 5.74) is -5.11. The van der Waals surface area contributed by atoms with Gasteiger partial charge in [0.2, 0.25) is 0 Å². The third-order valence-corrected chi connectivity index (χ3v) is 29.7. The van der Waals surface area contributed by atoms with Crippen molar-refractivity contribution >= 4 is 125 Å². The maximum atomic E-state index is 9.84. The summed E-state index contributed by atoms with van der Waals surface area (Å²) < 4.78 is 627. The first-order valence-electron chi connectivity index (χ1n) is 70.3. The molecule has 0 aliphatic heterocycles. The molecule has 0 aliphatic rings. The fraction of sp³-hybridized carbons (Fsp3) is 0.0727. The summed E-state index contributed by atoms with van der Waals surface area (Å²) in [4.78, 5) is 0. The van der Waals surface area contributed by atoms with Crippen LogP contribution < -0.4 is 57.1 Å². The quantitative estimate of drug-likeness (QED) is 0.0759. The van der Waals surface area contributed by atoms with Crippen molar-refractivity contribution in [3.63, 3.8) is 0 Å². The van der Waals surface area contributed by atoms with Crippen molar-refractivity contribution in [1.29, 1.82) is 0 Å². The first kappa shape index (κ1) is 29.1. The van der Waals surface area contributed by atoms with Gasteiger partial charge in [0.1, 0.15) is 8.07 Å². The van der Waals surface area contributed by atoms with Crippen molar-refractivity contribution in [3.05, 3.63) is 474 Å². The van der Waals surface area contributed by atoms with Gasteiger partial charge in [0.05, 0.1) is 126 Å². The highest BCUT2D eigenvalue weighted by Crippen LogP contribution is 2.40. The topological polar surface area (TPSA) is 9.86 Å². The van der Waals surface area contributed by atoms with E-state index in [-0.39, 0.29) is 49.7 Å². The van der Waals surface area contributed by atoms with Crippen LogP contribution in [0.4, 0.5) is 0 Å². The number of aromatic nitrogens is 2. The Morgan fingerprint density at radius 2 is 0.496 bits per heavy atom. The van der Waals surface area contributed by atoms with Crippen LogP contribution in [0.25, 0.3) is 66.1 Å². The minimum atomic E-state index is -5.59. The van der Waals surface area contributed by atoms with E-state index in [1.807, 2.05) is 0 Å². The molecule has 5 heteroatoms. The highest BCUT2D eigenvalue weighted by molar-refractivity contribution is 7.20. The van der Waals surface area contributed by atoms with E-state index >= 15 is 0 Å². The molecule has 0 fully saturated rings. The Morgan fingerprint density at radius 1 is 0.200 bits per heavy atom. The molecule has 2 heterocycles. The average molecular weight is 1600 g/mol. The van der Waals surface area contributed by atoms with Crippen molar-refractivity contribution in [2.24, 2.45) is 0 Å². The van der Waals surface area contributed by atoms with Gasteiger partial charge in [0.15, 0.2) is 16.1 Å². The third-order valence-electron chi connectivity index (χ3n) is 17.9. The van der Waals surface area contributed by atoms with Crippen LogP contribution in [0.15, 0.2) is 435 Å². The van der Waals surface area contributed by atoms with Crippen molar-refractivity contribution in [1.82, 2.24) is 9.13 Å². The lowest BCUT2D eigenvalue weighted by Crippen LogP contribution is -2.74. The Bertz CT molecular complexity index is 9760. The molecule has 2 nitrogen and oxygen atoms in total. The van der Waals surface area contributed by atoms with E-state index < -0.39 is 572 Å². The van der Waals surface area contributed by atoms with Crippen LogP contribution in [-0.2, 0) is 0 Å². The number of nitrogens with zero attached hydrogens (tertiary/aromatic N) is 2. The Kier molecular flexibility index (Phi) is 8.54. The van der Waals surface area contributed by atoms with Crippen molar-refractivity contribution in [2.75, 3.05) is 0 Å². The smallest absolute Gasteiger partial charge is 0.179 e. The second-order valence-corrected chi connectivity index (χ2v) is 35.9. The summed E-state index contributed by atoms with van der Waals surface area (Å²) in [5, 5.41) is -8.79. The Labute approximate surface area is 783 Å². The molecule has 115 heavy (non-hydrogen) atoms. The Balaban J connectivity index is 0.000000175. The molecular formula is C110H96N2Si3. The van der Waals surface area contributed by atoms with Gasteiger partial charge in [0, 0.05) is 32.8 Å². The minimum Gasteiger partial charge on any atom is -0.309 e. The number of rotatable bonds is 14. The zero-order chi connectivity index (χ0) is 142. The number of hydrogen-bond acceptors (Lipinski definition) is 0. The monoisotopic (exact) mass is 1600 g/mol. The summed E-state index contributed by atoms with van der Waals surface area (Å²) in [5.74, 6) is 0. The van der Waals surface area contributed by atoms with Crippen LogP contribution in [0.3, 0.4) is 0 Å². The highest BCUT2D eigenvalue weighted by Gasteiger charge is 2.43. The van der Waals surface area contributed by atoms with E-state index in [9.17, 15) is 8.22 Å². The molecule has 17 aromatic carbocycles. The first-order chi connectivity index (χ1) is 86.3. The molecule has 0 saturated heterocycles. The molecule has 0 N–H and O–H groups in total. The van der Waals surface area contributed by atoms with Gasteiger partial charge in [-0.1, -0.05) is 427 Å². The molecular weight excluding hydrogens is 1430 g/mol. The zero-order valence-corrected chi connectivity index (χ0v) is 64.4. The highest BCUT2D eigenvalue weighted by atomic mass is 28.3. The van der Waals surface area contributed by atoms with Crippen LogP contribution in [0.1, 0.15) is 138 Å². The molecule has 0 aliphatic carbocycles. The lowest BCUT2D eigenvalue weighted by molar-refractivity contribution is 1.16. The normalized spacial score (nSPS) is 20.2. The molecule has 19 rings (SSSR count). The van der Waals surface area contributed by atoms with Gasteiger partial charge in [0.25, 0.3) is 0 Å². The predicted molar refractivity (Wildman–Crippen MR) is 504 cm³/mol. The lowest BCUT2D eigenvalue weighted by Gasteiger charge is -2.34. The van der Waals surface area contributed by atoms with Gasteiger partial charge < -0.3 is 9.13 Å². The molecule has 0 saturated carbocycles. The van der Waals surface area contributed by atoms with E-state index in [2.05, 4.69) is 0 Å². The molecule has 19 aromatic rings. The van der Waals surface area contributed by atoms with Crippen LogP contribution >= 0.6 is 0 Å². The zero-order valence-electron chi connectivity index (χ0n) is 133. The molecule has 0 spiro atoms. The molecule has 0 bridgehead atoms. The lowest BCUT2D eigenvalue weighted by atomic mass is 9.97.